The molecule has 7 nitrogen and oxygen atoms in total. The summed E-state index contributed by atoms with van der Waals surface area (Å²) in [6.07, 6.45) is 0. The summed E-state index contributed by atoms with van der Waals surface area (Å²) in [4.78, 5) is 24.2. The number of hydrogen-bond donors (Lipinski definition) is 3. The number of nitrogens with one attached hydrogen (secondary N) is 2. The standard InChI is InChI=1S/C18H16F2N6OS/c19-12-7-4-8-13(20)16(12)25-15(27)10-28-9-14-23-17(21)26-18(24-14)22-11-5-2-1-3-6-11/h1-8H,9-10H2,(H,25,27)(H3,21,22,23,24,26). The van der Waals surface area contributed by atoms with Gasteiger partial charge in [0.05, 0.1) is 11.5 Å². The maximum Gasteiger partial charge on any atom is 0.234 e. The summed E-state index contributed by atoms with van der Waals surface area (Å²) in [5, 5.41) is 5.24. The van der Waals surface area contributed by atoms with Crippen molar-refractivity contribution >= 4 is 40.9 Å². The molecule has 0 radical (unpaired) electrons. The second-order valence-electron chi connectivity index (χ2n) is 5.56. The van der Waals surface area contributed by atoms with Crippen LogP contribution in [-0.4, -0.2) is 26.6 Å². The molecule has 1 amide bonds. The highest BCUT2D eigenvalue weighted by atomic mass is 32.2. The Morgan fingerprint density at radius 3 is 2.43 bits per heavy atom. The molecule has 28 heavy (non-hydrogen) atoms. The minimum absolute atomic E-state index is 0.0409. The quantitative estimate of drug-likeness (QED) is 0.556. The molecule has 144 valence electrons. The first-order valence-electron chi connectivity index (χ1n) is 8.15. The number of aromatic nitrogens is 3. The lowest BCUT2D eigenvalue weighted by molar-refractivity contribution is -0.113. The van der Waals surface area contributed by atoms with Crippen LogP contribution in [-0.2, 0) is 10.5 Å². The molecule has 10 heteroatoms. The number of rotatable bonds is 7. The highest BCUT2D eigenvalue weighted by Gasteiger charge is 2.12. The van der Waals surface area contributed by atoms with E-state index in [-0.39, 0.29) is 23.4 Å². The molecule has 4 N–H and O–H groups in total. The molecule has 0 fully saturated rings. The molecule has 0 aliphatic carbocycles. The van der Waals surface area contributed by atoms with Gasteiger partial charge in [-0.1, -0.05) is 24.3 Å². The summed E-state index contributed by atoms with van der Waals surface area (Å²) in [5.74, 6) is -1.28. The maximum atomic E-state index is 13.6. The molecule has 0 spiro atoms. The average Bonchev–Trinajstić information content (AvgIpc) is 2.65. The van der Waals surface area contributed by atoms with Crippen LogP contribution in [0.15, 0.2) is 48.5 Å². The van der Waals surface area contributed by atoms with Crippen molar-refractivity contribution < 1.29 is 13.6 Å². The number of halogens is 2. The predicted octanol–water partition coefficient (Wildman–Crippen LogP) is 3.35. The van der Waals surface area contributed by atoms with Gasteiger partial charge >= 0.3 is 0 Å². The van der Waals surface area contributed by atoms with E-state index in [2.05, 4.69) is 25.6 Å². The van der Waals surface area contributed by atoms with Crippen molar-refractivity contribution in [1.29, 1.82) is 0 Å². The molecule has 0 atom stereocenters. The van der Waals surface area contributed by atoms with Crippen molar-refractivity contribution in [3.63, 3.8) is 0 Å². The van der Waals surface area contributed by atoms with E-state index >= 15 is 0 Å². The summed E-state index contributed by atoms with van der Waals surface area (Å²) >= 11 is 1.18. The molecular formula is C18H16F2N6OS. The van der Waals surface area contributed by atoms with Gasteiger partial charge in [-0.25, -0.2) is 8.78 Å². The van der Waals surface area contributed by atoms with Crippen molar-refractivity contribution in [1.82, 2.24) is 15.0 Å². The van der Waals surface area contributed by atoms with Gasteiger partial charge in [-0.15, -0.1) is 11.8 Å². The SMILES string of the molecule is Nc1nc(CSCC(=O)Nc2c(F)cccc2F)nc(Nc2ccccc2)n1. The topological polar surface area (TPSA) is 106 Å². The molecule has 0 saturated carbocycles. The van der Waals surface area contributed by atoms with E-state index in [1.54, 1.807) is 0 Å². The van der Waals surface area contributed by atoms with Gasteiger partial charge in [0.2, 0.25) is 17.8 Å². The summed E-state index contributed by atoms with van der Waals surface area (Å²) in [6.45, 7) is 0. The molecule has 2 aromatic carbocycles. The van der Waals surface area contributed by atoms with Crippen LogP contribution in [0.3, 0.4) is 0 Å². The van der Waals surface area contributed by atoms with E-state index < -0.39 is 23.2 Å². The molecule has 0 aliphatic heterocycles. The van der Waals surface area contributed by atoms with Gasteiger partial charge < -0.3 is 16.4 Å². The normalized spacial score (nSPS) is 10.5. The van der Waals surface area contributed by atoms with Gasteiger partial charge in [-0.2, -0.15) is 15.0 Å². The van der Waals surface area contributed by atoms with Gasteiger partial charge in [-0.3, -0.25) is 4.79 Å². The van der Waals surface area contributed by atoms with E-state index in [1.165, 1.54) is 17.8 Å². The van der Waals surface area contributed by atoms with Crippen LogP contribution in [0.1, 0.15) is 5.82 Å². The van der Waals surface area contributed by atoms with Crippen molar-refractivity contribution in [3.8, 4) is 0 Å². The third kappa shape index (κ3) is 5.36. The molecule has 1 heterocycles. The van der Waals surface area contributed by atoms with E-state index in [0.717, 1.165) is 17.8 Å². The third-order valence-electron chi connectivity index (χ3n) is 3.42. The van der Waals surface area contributed by atoms with Crippen LogP contribution >= 0.6 is 11.8 Å². The number of carbonyl (C=O) groups is 1. The van der Waals surface area contributed by atoms with Gasteiger partial charge in [0.1, 0.15) is 23.1 Å². The number of hydrogen-bond acceptors (Lipinski definition) is 7. The van der Waals surface area contributed by atoms with Crippen molar-refractivity contribution in [2.45, 2.75) is 5.75 Å². The molecule has 0 bridgehead atoms. The summed E-state index contributed by atoms with van der Waals surface area (Å²) in [5.41, 5.74) is 6.03. The van der Waals surface area contributed by atoms with Crippen molar-refractivity contribution in [3.05, 3.63) is 66.0 Å². The summed E-state index contributed by atoms with van der Waals surface area (Å²) < 4.78 is 27.1. The maximum absolute atomic E-state index is 13.6. The number of thioether (sulfide) groups is 1. The van der Waals surface area contributed by atoms with E-state index in [0.29, 0.717) is 5.82 Å². The molecule has 3 aromatic rings. The Morgan fingerprint density at radius 2 is 1.71 bits per heavy atom. The zero-order valence-electron chi connectivity index (χ0n) is 14.5. The van der Waals surface area contributed by atoms with Crippen LogP contribution in [0.5, 0.6) is 0 Å². The number of benzene rings is 2. The largest absolute Gasteiger partial charge is 0.368 e. The Bertz CT molecular complexity index is 953. The molecular weight excluding hydrogens is 386 g/mol. The second kappa shape index (κ2) is 9.09. The molecule has 0 unspecified atom stereocenters. The van der Waals surface area contributed by atoms with E-state index in [9.17, 15) is 13.6 Å². The van der Waals surface area contributed by atoms with E-state index in [4.69, 9.17) is 5.73 Å². The third-order valence-corrected chi connectivity index (χ3v) is 4.35. The van der Waals surface area contributed by atoms with Gasteiger partial charge in [-0.05, 0) is 24.3 Å². The zero-order chi connectivity index (χ0) is 19.9. The van der Waals surface area contributed by atoms with Gasteiger partial charge in [0.15, 0.2) is 0 Å². The molecule has 0 saturated heterocycles. The number of para-hydroxylation sites is 2. The number of amides is 1. The number of nitrogen functional groups attached to an aromatic ring is 1. The van der Waals surface area contributed by atoms with Crippen LogP contribution in [0, 0.1) is 11.6 Å². The number of anilines is 4. The van der Waals surface area contributed by atoms with Gasteiger partial charge in [0.25, 0.3) is 0 Å². The van der Waals surface area contributed by atoms with Gasteiger partial charge in [0, 0.05) is 5.69 Å². The Hall–Kier alpha value is -3.27. The Morgan fingerprint density at radius 1 is 1.00 bits per heavy atom. The number of carbonyl (C=O) groups excluding carboxylic acids is 1. The van der Waals surface area contributed by atoms with Crippen LogP contribution in [0.25, 0.3) is 0 Å². The zero-order valence-corrected chi connectivity index (χ0v) is 15.3. The van der Waals surface area contributed by atoms with Crippen molar-refractivity contribution in [2.24, 2.45) is 0 Å². The van der Waals surface area contributed by atoms with Crippen LogP contribution in [0.4, 0.5) is 32.1 Å². The highest BCUT2D eigenvalue weighted by Crippen LogP contribution is 2.19. The summed E-state index contributed by atoms with van der Waals surface area (Å²) in [7, 11) is 0. The molecule has 0 aliphatic rings. The minimum Gasteiger partial charge on any atom is -0.368 e. The summed E-state index contributed by atoms with van der Waals surface area (Å²) in [6, 6.07) is 12.7. The molecule has 1 aromatic heterocycles. The highest BCUT2D eigenvalue weighted by molar-refractivity contribution is 7.99. The van der Waals surface area contributed by atoms with Crippen molar-refractivity contribution in [2.75, 3.05) is 22.1 Å². The first-order chi connectivity index (χ1) is 13.5. The smallest absolute Gasteiger partial charge is 0.234 e. The number of nitrogens with two attached hydrogens (primary N) is 1. The Balaban J connectivity index is 1.56. The fourth-order valence-electron chi connectivity index (χ4n) is 2.24. The van der Waals surface area contributed by atoms with Crippen LogP contribution in [0.2, 0.25) is 0 Å². The fourth-order valence-corrected chi connectivity index (χ4v) is 2.91. The Labute approximate surface area is 163 Å². The minimum atomic E-state index is -0.833. The lowest BCUT2D eigenvalue weighted by Crippen LogP contribution is -2.16. The predicted molar refractivity (Wildman–Crippen MR) is 105 cm³/mol. The second-order valence-corrected chi connectivity index (χ2v) is 6.55. The fraction of sp³-hybridized carbons (Fsp3) is 0.111. The first kappa shape index (κ1) is 19.5. The van der Waals surface area contributed by atoms with Crippen LogP contribution < -0.4 is 16.4 Å². The monoisotopic (exact) mass is 402 g/mol. The lowest BCUT2D eigenvalue weighted by atomic mass is 10.3. The first-order valence-corrected chi connectivity index (χ1v) is 9.31. The lowest BCUT2D eigenvalue weighted by Gasteiger charge is -2.08. The average molecular weight is 402 g/mol. The Kier molecular flexibility index (Phi) is 6.33. The number of nitrogens with zero attached hydrogens (tertiary/aromatic N) is 3. The van der Waals surface area contributed by atoms with E-state index in [1.807, 2.05) is 30.3 Å². The molecule has 3 rings (SSSR count).